The maximum absolute atomic E-state index is 5.18. The fraction of sp³-hybridized carbons (Fsp3) is 0.0732. The SMILES string of the molecule is CC1(C)c2cc3ccccc3cc2-c2c(-c3ccccc3-c3cc(-c4ccccc4)nc(-c4ccccc4)n3)cccc21. The third-order valence-corrected chi connectivity index (χ3v) is 8.89. The number of benzene rings is 6. The van der Waals surface area contributed by atoms with Gasteiger partial charge in [-0.05, 0) is 62.4 Å². The van der Waals surface area contributed by atoms with E-state index in [0.717, 1.165) is 33.9 Å². The van der Waals surface area contributed by atoms with Crippen molar-refractivity contribution in [2.75, 3.05) is 0 Å². The van der Waals surface area contributed by atoms with Crippen molar-refractivity contribution >= 4 is 10.8 Å². The zero-order valence-electron chi connectivity index (χ0n) is 24.3. The van der Waals surface area contributed by atoms with Crippen LogP contribution >= 0.6 is 0 Å². The van der Waals surface area contributed by atoms with Gasteiger partial charge in [0, 0.05) is 22.1 Å². The lowest BCUT2D eigenvalue weighted by atomic mass is 9.81. The van der Waals surface area contributed by atoms with Crippen LogP contribution < -0.4 is 0 Å². The zero-order chi connectivity index (χ0) is 29.0. The van der Waals surface area contributed by atoms with Gasteiger partial charge >= 0.3 is 0 Å². The summed E-state index contributed by atoms with van der Waals surface area (Å²) in [6.07, 6.45) is 0. The van der Waals surface area contributed by atoms with Gasteiger partial charge in [-0.2, -0.15) is 0 Å². The van der Waals surface area contributed by atoms with Crippen LogP contribution in [0.3, 0.4) is 0 Å². The van der Waals surface area contributed by atoms with Crippen LogP contribution in [0.25, 0.3) is 66.9 Å². The van der Waals surface area contributed by atoms with Crippen molar-refractivity contribution in [3.8, 4) is 56.2 Å². The summed E-state index contributed by atoms with van der Waals surface area (Å²) in [5, 5.41) is 2.55. The first-order chi connectivity index (χ1) is 21.1. The van der Waals surface area contributed by atoms with Gasteiger partial charge in [0.15, 0.2) is 5.82 Å². The minimum absolute atomic E-state index is 0.102. The average Bonchev–Trinajstić information content (AvgIpc) is 3.30. The first kappa shape index (κ1) is 25.4. The molecule has 1 aliphatic carbocycles. The van der Waals surface area contributed by atoms with Crippen molar-refractivity contribution in [2.45, 2.75) is 19.3 Å². The van der Waals surface area contributed by atoms with Crippen molar-refractivity contribution in [3.63, 3.8) is 0 Å². The zero-order valence-corrected chi connectivity index (χ0v) is 24.3. The fourth-order valence-corrected chi connectivity index (χ4v) is 6.70. The molecule has 0 fully saturated rings. The molecule has 8 rings (SSSR count). The summed E-state index contributed by atoms with van der Waals surface area (Å²) >= 11 is 0. The highest BCUT2D eigenvalue weighted by Crippen LogP contribution is 2.53. The highest BCUT2D eigenvalue weighted by Gasteiger charge is 2.37. The maximum Gasteiger partial charge on any atom is 0.160 e. The summed E-state index contributed by atoms with van der Waals surface area (Å²) in [5.74, 6) is 0.725. The molecule has 43 heavy (non-hydrogen) atoms. The summed E-state index contributed by atoms with van der Waals surface area (Å²) in [6, 6.07) is 51.7. The van der Waals surface area contributed by atoms with E-state index in [1.54, 1.807) is 0 Å². The molecule has 1 heterocycles. The largest absolute Gasteiger partial charge is 0.228 e. The number of nitrogens with zero attached hydrogens (tertiary/aromatic N) is 2. The first-order valence-electron chi connectivity index (χ1n) is 14.8. The maximum atomic E-state index is 5.18. The van der Waals surface area contributed by atoms with Crippen molar-refractivity contribution in [1.82, 2.24) is 9.97 Å². The van der Waals surface area contributed by atoms with Gasteiger partial charge in [0.2, 0.25) is 0 Å². The average molecular weight is 551 g/mol. The van der Waals surface area contributed by atoms with E-state index in [9.17, 15) is 0 Å². The Morgan fingerprint density at radius 3 is 1.74 bits per heavy atom. The molecule has 1 aromatic heterocycles. The van der Waals surface area contributed by atoms with Crippen LogP contribution in [-0.2, 0) is 5.41 Å². The Hall–Kier alpha value is -5.34. The molecule has 0 unspecified atom stereocenters. The predicted octanol–water partition coefficient (Wildman–Crippen LogP) is 10.6. The third kappa shape index (κ3) is 4.18. The van der Waals surface area contributed by atoms with Crippen molar-refractivity contribution in [3.05, 3.63) is 157 Å². The lowest BCUT2D eigenvalue weighted by molar-refractivity contribution is 0.661. The molecule has 0 atom stereocenters. The molecule has 0 spiro atoms. The second-order valence-corrected chi connectivity index (χ2v) is 11.8. The van der Waals surface area contributed by atoms with Crippen molar-refractivity contribution in [1.29, 1.82) is 0 Å². The lowest BCUT2D eigenvalue weighted by Gasteiger charge is -2.22. The lowest BCUT2D eigenvalue weighted by Crippen LogP contribution is -2.14. The minimum Gasteiger partial charge on any atom is -0.228 e. The summed E-state index contributed by atoms with van der Waals surface area (Å²) in [6.45, 7) is 4.70. The van der Waals surface area contributed by atoms with Crippen LogP contribution in [-0.4, -0.2) is 9.97 Å². The first-order valence-corrected chi connectivity index (χ1v) is 14.8. The summed E-state index contributed by atoms with van der Waals surface area (Å²) in [7, 11) is 0. The normalized spacial score (nSPS) is 13.1. The Morgan fingerprint density at radius 2 is 1.00 bits per heavy atom. The number of hydrogen-bond donors (Lipinski definition) is 0. The van der Waals surface area contributed by atoms with E-state index in [0.29, 0.717) is 0 Å². The molecular weight excluding hydrogens is 520 g/mol. The van der Waals surface area contributed by atoms with Gasteiger partial charge in [-0.25, -0.2) is 9.97 Å². The van der Waals surface area contributed by atoms with E-state index in [4.69, 9.17) is 9.97 Å². The summed E-state index contributed by atoms with van der Waals surface area (Å²) < 4.78 is 0. The molecule has 2 nitrogen and oxygen atoms in total. The van der Waals surface area contributed by atoms with Crippen LogP contribution in [0, 0.1) is 0 Å². The monoisotopic (exact) mass is 550 g/mol. The topological polar surface area (TPSA) is 25.8 Å². The van der Waals surface area contributed by atoms with Crippen LogP contribution in [0.1, 0.15) is 25.0 Å². The van der Waals surface area contributed by atoms with E-state index in [1.165, 1.54) is 44.2 Å². The second kappa shape index (κ2) is 9.89. The fourth-order valence-electron chi connectivity index (χ4n) is 6.70. The molecule has 0 bridgehead atoms. The Labute approximate surface area is 252 Å². The highest BCUT2D eigenvalue weighted by atomic mass is 14.9. The summed E-state index contributed by atoms with van der Waals surface area (Å²) in [5.41, 5.74) is 12.7. The molecule has 0 saturated heterocycles. The van der Waals surface area contributed by atoms with Gasteiger partial charge in [0.05, 0.1) is 11.4 Å². The standard InChI is InChI=1S/C41H30N2/c1-41(2)35-23-13-22-33(39(35)34-24-29-18-9-10-19-30(29)25-36(34)41)31-20-11-12-21-32(31)38-26-37(27-14-5-3-6-15-27)42-40(43-38)28-16-7-4-8-17-28/h3-26H,1-2H3. The van der Waals surface area contributed by atoms with Gasteiger partial charge in [-0.1, -0.05) is 141 Å². The molecule has 1 aliphatic rings. The molecule has 7 aromatic rings. The van der Waals surface area contributed by atoms with Gasteiger partial charge < -0.3 is 0 Å². The number of rotatable bonds is 4. The Bertz CT molecular complexity index is 2090. The minimum atomic E-state index is -0.102. The Balaban J connectivity index is 1.37. The Morgan fingerprint density at radius 1 is 0.419 bits per heavy atom. The quantitative estimate of drug-likeness (QED) is 0.218. The van der Waals surface area contributed by atoms with Crippen LogP contribution in [0.15, 0.2) is 146 Å². The number of hydrogen-bond acceptors (Lipinski definition) is 2. The molecule has 6 aromatic carbocycles. The van der Waals surface area contributed by atoms with E-state index >= 15 is 0 Å². The van der Waals surface area contributed by atoms with Gasteiger partial charge in [-0.15, -0.1) is 0 Å². The third-order valence-electron chi connectivity index (χ3n) is 8.89. The van der Waals surface area contributed by atoms with E-state index in [-0.39, 0.29) is 5.41 Å². The molecule has 2 heteroatoms. The van der Waals surface area contributed by atoms with Crippen LogP contribution in [0.4, 0.5) is 0 Å². The molecule has 0 aliphatic heterocycles. The summed E-state index contributed by atoms with van der Waals surface area (Å²) in [4.78, 5) is 10.2. The van der Waals surface area contributed by atoms with E-state index < -0.39 is 0 Å². The second-order valence-electron chi connectivity index (χ2n) is 11.8. The molecule has 0 amide bonds. The van der Waals surface area contributed by atoms with Gasteiger partial charge in [0.25, 0.3) is 0 Å². The number of aromatic nitrogens is 2. The van der Waals surface area contributed by atoms with Gasteiger partial charge in [-0.3, -0.25) is 0 Å². The highest BCUT2D eigenvalue weighted by molar-refractivity contribution is 6.00. The number of fused-ring (bicyclic) bond motifs is 4. The molecular formula is C41H30N2. The molecule has 204 valence electrons. The van der Waals surface area contributed by atoms with Crippen LogP contribution in [0.5, 0.6) is 0 Å². The van der Waals surface area contributed by atoms with Crippen LogP contribution in [0.2, 0.25) is 0 Å². The smallest absolute Gasteiger partial charge is 0.160 e. The predicted molar refractivity (Wildman–Crippen MR) is 179 cm³/mol. The Kier molecular flexibility index (Phi) is 5.84. The van der Waals surface area contributed by atoms with Gasteiger partial charge in [0.1, 0.15) is 0 Å². The molecule has 0 N–H and O–H groups in total. The molecule has 0 saturated carbocycles. The van der Waals surface area contributed by atoms with E-state index in [2.05, 4.69) is 135 Å². The van der Waals surface area contributed by atoms with E-state index in [1.807, 2.05) is 24.3 Å². The van der Waals surface area contributed by atoms with Crippen molar-refractivity contribution < 1.29 is 0 Å². The van der Waals surface area contributed by atoms with Crippen molar-refractivity contribution in [2.24, 2.45) is 0 Å². The molecule has 0 radical (unpaired) electrons.